The maximum absolute atomic E-state index is 11.3. The van der Waals surface area contributed by atoms with Crippen molar-refractivity contribution in [3.63, 3.8) is 0 Å². The van der Waals surface area contributed by atoms with Crippen LogP contribution in [-0.4, -0.2) is 31.2 Å². The Kier molecular flexibility index (Phi) is 6.03. The predicted molar refractivity (Wildman–Crippen MR) is 77.9 cm³/mol. The standard InChI is InChI=1S/C12H16IN3O2/c1-4-16(5-2)15-14-11-7-6-9(8-10(11)13)12(17)18-3/h6-8H,4-5H2,1-3H3. The molecular formula is C12H16IN3O2. The smallest absolute Gasteiger partial charge is 0.337 e. The van der Waals surface area contributed by atoms with E-state index >= 15 is 0 Å². The summed E-state index contributed by atoms with van der Waals surface area (Å²) in [6.45, 7) is 5.68. The molecule has 0 aromatic heterocycles. The van der Waals surface area contributed by atoms with Crippen molar-refractivity contribution in [2.24, 2.45) is 10.3 Å². The van der Waals surface area contributed by atoms with Gasteiger partial charge in [-0.2, -0.15) is 0 Å². The molecule has 0 radical (unpaired) electrons. The Bertz CT molecular complexity index is 445. The van der Waals surface area contributed by atoms with Crippen LogP contribution in [0.3, 0.4) is 0 Å². The Morgan fingerprint density at radius 1 is 1.39 bits per heavy atom. The van der Waals surface area contributed by atoms with E-state index in [2.05, 4.69) is 37.7 Å². The van der Waals surface area contributed by atoms with Crippen molar-refractivity contribution in [3.8, 4) is 0 Å². The lowest BCUT2D eigenvalue weighted by Crippen LogP contribution is -2.14. The number of hydrogen-bond acceptors (Lipinski definition) is 4. The number of methoxy groups -OCH3 is 1. The van der Waals surface area contributed by atoms with Crippen LogP contribution in [-0.2, 0) is 4.74 Å². The van der Waals surface area contributed by atoms with Gasteiger partial charge < -0.3 is 4.74 Å². The first-order chi connectivity index (χ1) is 8.62. The first-order valence-electron chi connectivity index (χ1n) is 5.66. The molecule has 1 rings (SSSR count). The van der Waals surface area contributed by atoms with Crippen LogP contribution in [0.25, 0.3) is 0 Å². The molecule has 0 unspecified atom stereocenters. The van der Waals surface area contributed by atoms with E-state index in [0.717, 1.165) is 22.3 Å². The van der Waals surface area contributed by atoms with Crippen molar-refractivity contribution in [3.05, 3.63) is 27.3 Å². The highest BCUT2D eigenvalue weighted by atomic mass is 127. The fourth-order valence-electron chi connectivity index (χ4n) is 1.29. The predicted octanol–water partition coefficient (Wildman–Crippen LogP) is 3.42. The Balaban J connectivity index is 2.89. The molecule has 0 amide bonds. The number of ether oxygens (including phenoxy) is 1. The first kappa shape index (κ1) is 14.9. The molecule has 0 atom stereocenters. The number of rotatable bonds is 5. The molecule has 0 aliphatic carbocycles. The van der Waals surface area contributed by atoms with E-state index in [-0.39, 0.29) is 5.97 Å². The largest absolute Gasteiger partial charge is 0.465 e. The summed E-state index contributed by atoms with van der Waals surface area (Å²) in [5.41, 5.74) is 1.26. The second-order valence-corrected chi connectivity index (χ2v) is 4.65. The Morgan fingerprint density at radius 2 is 2.06 bits per heavy atom. The molecule has 1 aromatic rings. The Morgan fingerprint density at radius 3 is 2.56 bits per heavy atom. The maximum atomic E-state index is 11.3. The quantitative estimate of drug-likeness (QED) is 0.350. The van der Waals surface area contributed by atoms with Gasteiger partial charge in [0.2, 0.25) is 0 Å². The van der Waals surface area contributed by atoms with Crippen molar-refractivity contribution in [2.45, 2.75) is 13.8 Å². The fraction of sp³-hybridized carbons (Fsp3) is 0.417. The number of carbonyl (C=O) groups excluding carboxylic acids is 1. The van der Waals surface area contributed by atoms with Gasteiger partial charge in [-0.3, -0.25) is 5.01 Å². The zero-order chi connectivity index (χ0) is 13.5. The van der Waals surface area contributed by atoms with Crippen molar-refractivity contribution in [1.82, 2.24) is 5.01 Å². The summed E-state index contributed by atoms with van der Waals surface area (Å²) in [6, 6.07) is 5.19. The van der Waals surface area contributed by atoms with E-state index in [4.69, 9.17) is 0 Å². The second-order valence-electron chi connectivity index (χ2n) is 3.49. The van der Waals surface area contributed by atoms with E-state index in [1.165, 1.54) is 7.11 Å². The number of esters is 1. The van der Waals surface area contributed by atoms with Gasteiger partial charge >= 0.3 is 5.97 Å². The van der Waals surface area contributed by atoms with Crippen LogP contribution < -0.4 is 0 Å². The number of benzene rings is 1. The van der Waals surface area contributed by atoms with Crippen LogP contribution in [0.1, 0.15) is 24.2 Å². The van der Waals surface area contributed by atoms with Crippen LogP contribution in [0.4, 0.5) is 5.69 Å². The summed E-state index contributed by atoms with van der Waals surface area (Å²) in [5, 5.41) is 10.1. The van der Waals surface area contributed by atoms with E-state index in [9.17, 15) is 4.79 Å². The van der Waals surface area contributed by atoms with Crippen LogP contribution >= 0.6 is 22.6 Å². The molecule has 0 fully saturated rings. The highest BCUT2D eigenvalue weighted by Gasteiger charge is 2.08. The molecule has 0 saturated heterocycles. The minimum Gasteiger partial charge on any atom is -0.465 e. The number of halogens is 1. The van der Waals surface area contributed by atoms with Crippen LogP contribution in [0.2, 0.25) is 0 Å². The lowest BCUT2D eigenvalue weighted by atomic mass is 10.2. The highest BCUT2D eigenvalue weighted by molar-refractivity contribution is 14.1. The van der Waals surface area contributed by atoms with Crippen molar-refractivity contribution >= 4 is 34.2 Å². The molecule has 0 spiro atoms. The number of carbonyl (C=O) groups is 1. The van der Waals surface area contributed by atoms with E-state index in [0.29, 0.717) is 5.56 Å². The minimum atomic E-state index is -0.347. The molecule has 18 heavy (non-hydrogen) atoms. The molecule has 0 aliphatic rings. The average molecular weight is 361 g/mol. The molecule has 0 saturated carbocycles. The van der Waals surface area contributed by atoms with Gasteiger partial charge in [0, 0.05) is 16.7 Å². The van der Waals surface area contributed by atoms with E-state index < -0.39 is 0 Å². The highest BCUT2D eigenvalue weighted by Crippen LogP contribution is 2.23. The lowest BCUT2D eigenvalue weighted by Gasteiger charge is -2.11. The monoisotopic (exact) mass is 361 g/mol. The molecule has 1 aromatic carbocycles. The summed E-state index contributed by atoms with van der Waals surface area (Å²) < 4.78 is 5.53. The summed E-state index contributed by atoms with van der Waals surface area (Å²) in [4.78, 5) is 11.3. The molecule has 0 N–H and O–H groups in total. The molecule has 0 heterocycles. The third-order valence-corrected chi connectivity index (χ3v) is 3.24. The van der Waals surface area contributed by atoms with Gasteiger partial charge in [0.25, 0.3) is 0 Å². The second kappa shape index (κ2) is 7.30. The van der Waals surface area contributed by atoms with Gasteiger partial charge in [-0.15, -0.1) is 5.11 Å². The molecule has 98 valence electrons. The summed E-state index contributed by atoms with van der Waals surface area (Å²) >= 11 is 2.13. The van der Waals surface area contributed by atoms with Gasteiger partial charge in [0.05, 0.1) is 12.7 Å². The van der Waals surface area contributed by atoms with Crippen LogP contribution in [0.15, 0.2) is 28.5 Å². The molecule has 5 nitrogen and oxygen atoms in total. The van der Waals surface area contributed by atoms with E-state index in [1.54, 1.807) is 18.2 Å². The van der Waals surface area contributed by atoms with Crippen molar-refractivity contribution in [1.29, 1.82) is 0 Å². The fourth-order valence-corrected chi connectivity index (χ4v) is 1.92. The van der Waals surface area contributed by atoms with E-state index in [1.807, 2.05) is 18.9 Å². The zero-order valence-corrected chi connectivity index (χ0v) is 12.8. The molecule has 0 aliphatic heterocycles. The van der Waals surface area contributed by atoms with Crippen LogP contribution in [0, 0.1) is 3.57 Å². The lowest BCUT2D eigenvalue weighted by molar-refractivity contribution is 0.0600. The molecule has 6 heteroatoms. The Hall–Kier alpha value is -1.18. The third kappa shape index (κ3) is 3.94. The van der Waals surface area contributed by atoms with Gasteiger partial charge in [0.1, 0.15) is 5.69 Å². The summed E-state index contributed by atoms with van der Waals surface area (Å²) in [6.07, 6.45) is 0. The van der Waals surface area contributed by atoms with Crippen molar-refractivity contribution in [2.75, 3.05) is 20.2 Å². The van der Waals surface area contributed by atoms with Gasteiger partial charge in [-0.1, -0.05) is 5.22 Å². The van der Waals surface area contributed by atoms with Gasteiger partial charge in [-0.05, 0) is 54.6 Å². The zero-order valence-electron chi connectivity index (χ0n) is 10.7. The molecule has 0 bridgehead atoms. The van der Waals surface area contributed by atoms with Crippen LogP contribution in [0.5, 0.6) is 0 Å². The number of hydrogen-bond donors (Lipinski definition) is 0. The Labute approximate surface area is 120 Å². The maximum Gasteiger partial charge on any atom is 0.337 e. The normalized spacial score (nSPS) is 10.7. The molecular weight excluding hydrogens is 345 g/mol. The summed E-state index contributed by atoms with van der Waals surface area (Å²) in [5.74, 6) is -0.347. The van der Waals surface area contributed by atoms with Crippen molar-refractivity contribution < 1.29 is 9.53 Å². The average Bonchev–Trinajstić information content (AvgIpc) is 2.40. The first-order valence-corrected chi connectivity index (χ1v) is 6.74. The summed E-state index contributed by atoms with van der Waals surface area (Å²) in [7, 11) is 1.36. The number of nitrogens with zero attached hydrogens (tertiary/aromatic N) is 3. The SMILES string of the molecule is CCN(CC)N=Nc1ccc(C(=O)OC)cc1I. The van der Waals surface area contributed by atoms with Gasteiger partial charge in [0.15, 0.2) is 0 Å². The van der Waals surface area contributed by atoms with Gasteiger partial charge in [-0.25, -0.2) is 4.79 Å². The topological polar surface area (TPSA) is 54.3 Å². The third-order valence-electron chi connectivity index (χ3n) is 2.38. The minimum absolute atomic E-state index is 0.347.